The smallest absolute Gasteiger partial charge is 0.224 e. The number of aromatic nitrogens is 1. The lowest BCUT2D eigenvalue weighted by Crippen LogP contribution is -2.41. The minimum atomic E-state index is 0.121. The van der Waals surface area contributed by atoms with Crippen LogP contribution in [0.25, 0.3) is 0 Å². The molecule has 0 radical (unpaired) electrons. The molecule has 3 rings (SSSR count). The Morgan fingerprint density at radius 1 is 1.45 bits per heavy atom. The van der Waals surface area contributed by atoms with Crippen LogP contribution in [0.15, 0.2) is 5.38 Å². The van der Waals surface area contributed by atoms with Gasteiger partial charge < -0.3 is 19.9 Å². The average Bonchev–Trinajstić information content (AvgIpc) is 3.02. The minimum Gasteiger partial charge on any atom is -0.378 e. The van der Waals surface area contributed by atoms with Crippen LogP contribution >= 0.6 is 11.3 Å². The Morgan fingerprint density at radius 3 is 3.05 bits per heavy atom. The summed E-state index contributed by atoms with van der Waals surface area (Å²) in [6.45, 7) is 5.81. The number of rotatable bonds is 4. The molecule has 1 aromatic heterocycles. The standard InChI is InChI=1S/C15H24N4O2S/c1-18-4-2-3-12(10-18)14(20)16-9-13-11-22-15(17-13)19-5-7-21-8-6-19/h11-12H,2-10H2,1H3,(H,16,20)/t12-/m0/s1. The second-order valence-electron chi connectivity index (χ2n) is 6.04. The molecular weight excluding hydrogens is 300 g/mol. The first-order chi connectivity index (χ1) is 10.7. The molecule has 0 unspecified atom stereocenters. The van der Waals surface area contributed by atoms with E-state index >= 15 is 0 Å². The number of morpholine rings is 1. The molecule has 0 saturated carbocycles. The van der Waals surface area contributed by atoms with Gasteiger partial charge in [-0.3, -0.25) is 4.79 Å². The van der Waals surface area contributed by atoms with Gasteiger partial charge in [0.05, 0.1) is 31.4 Å². The number of carbonyl (C=O) groups is 1. The van der Waals surface area contributed by atoms with Gasteiger partial charge in [-0.2, -0.15) is 0 Å². The van der Waals surface area contributed by atoms with Crippen LogP contribution in [0.1, 0.15) is 18.5 Å². The van der Waals surface area contributed by atoms with E-state index in [1.807, 2.05) is 5.38 Å². The number of anilines is 1. The highest BCUT2D eigenvalue weighted by molar-refractivity contribution is 7.13. The normalized spacial score (nSPS) is 23.5. The fourth-order valence-electron chi connectivity index (χ4n) is 2.98. The maximum Gasteiger partial charge on any atom is 0.224 e. The summed E-state index contributed by atoms with van der Waals surface area (Å²) in [6, 6.07) is 0. The molecule has 22 heavy (non-hydrogen) atoms. The lowest BCUT2D eigenvalue weighted by molar-refractivity contribution is -0.126. The van der Waals surface area contributed by atoms with Gasteiger partial charge in [-0.05, 0) is 26.4 Å². The molecule has 0 bridgehead atoms. The van der Waals surface area contributed by atoms with Gasteiger partial charge in [-0.1, -0.05) is 0 Å². The SMILES string of the molecule is CN1CCC[C@H](C(=O)NCc2csc(N3CCOCC3)n2)C1. The molecule has 122 valence electrons. The van der Waals surface area contributed by atoms with Crippen LogP contribution in [-0.2, 0) is 16.1 Å². The van der Waals surface area contributed by atoms with Gasteiger partial charge in [0.25, 0.3) is 0 Å². The van der Waals surface area contributed by atoms with Crippen molar-refractivity contribution in [3.63, 3.8) is 0 Å². The summed E-state index contributed by atoms with van der Waals surface area (Å²) in [6.07, 6.45) is 2.10. The number of thiazole rings is 1. The summed E-state index contributed by atoms with van der Waals surface area (Å²) in [4.78, 5) is 21.3. The van der Waals surface area contributed by atoms with Crippen molar-refractivity contribution in [3.8, 4) is 0 Å². The second-order valence-corrected chi connectivity index (χ2v) is 6.88. The topological polar surface area (TPSA) is 57.7 Å². The van der Waals surface area contributed by atoms with E-state index in [2.05, 4.69) is 27.1 Å². The zero-order chi connectivity index (χ0) is 15.4. The van der Waals surface area contributed by atoms with Crippen LogP contribution in [0.5, 0.6) is 0 Å². The van der Waals surface area contributed by atoms with Crippen molar-refractivity contribution in [3.05, 3.63) is 11.1 Å². The first-order valence-corrected chi connectivity index (χ1v) is 8.83. The molecule has 2 fully saturated rings. The quantitative estimate of drug-likeness (QED) is 0.893. The highest BCUT2D eigenvalue weighted by Crippen LogP contribution is 2.21. The van der Waals surface area contributed by atoms with Crippen molar-refractivity contribution < 1.29 is 9.53 Å². The molecule has 7 heteroatoms. The Balaban J connectivity index is 1.49. The van der Waals surface area contributed by atoms with Gasteiger partial charge in [-0.25, -0.2) is 4.98 Å². The Labute approximate surface area is 135 Å². The largest absolute Gasteiger partial charge is 0.378 e. The van der Waals surface area contributed by atoms with Crippen molar-refractivity contribution >= 4 is 22.4 Å². The van der Waals surface area contributed by atoms with E-state index < -0.39 is 0 Å². The third-order valence-electron chi connectivity index (χ3n) is 4.26. The fraction of sp³-hybridized carbons (Fsp3) is 0.733. The van der Waals surface area contributed by atoms with E-state index in [4.69, 9.17) is 4.74 Å². The predicted octanol–water partition coefficient (Wildman–Crippen LogP) is 0.938. The molecule has 2 saturated heterocycles. The van der Waals surface area contributed by atoms with Gasteiger partial charge in [0.15, 0.2) is 5.13 Å². The summed E-state index contributed by atoms with van der Waals surface area (Å²) in [5.41, 5.74) is 0.948. The van der Waals surface area contributed by atoms with Gasteiger partial charge in [0, 0.05) is 25.0 Å². The summed E-state index contributed by atoms with van der Waals surface area (Å²) < 4.78 is 5.36. The Morgan fingerprint density at radius 2 is 2.27 bits per heavy atom. The number of hydrogen-bond donors (Lipinski definition) is 1. The maximum absolute atomic E-state index is 12.2. The van der Waals surface area contributed by atoms with Crippen LogP contribution in [0.2, 0.25) is 0 Å². The Kier molecular flexibility index (Phi) is 5.28. The van der Waals surface area contributed by atoms with Gasteiger partial charge in [0.2, 0.25) is 5.91 Å². The molecule has 0 spiro atoms. The number of hydrogen-bond acceptors (Lipinski definition) is 6. The molecule has 1 amide bonds. The third-order valence-corrected chi connectivity index (χ3v) is 5.21. The lowest BCUT2D eigenvalue weighted by Gasteiger charge is -2.28. The van der Waals surface area contributed by atoms with Crippen molar-refractivity contribution in [2.75, 3.05) is 51.3 Å². The summed E-state index contributed by atoms with van der Waals surface area (Å²) in [5.74, 6) is 0.281. The Bertz CT molecular complexity index is 501. The van der Waals surface area contributed by atoms with Crippen molar-refractivity contribution in [1.29, 1.82) is 0 Å². The lowest BCUT2D eigenvalue weighted by atomic mass is 9.98. The summed E-state index contributed by atoms with van der Waals surface area (Å²) in [5, 5.41) is 6.11. The number of amides is 1. The number of piperidine rings is 1. The number of likely N-dealkylation sites (tertiary alicyclic amines) is 1. The molecule has 6 nitrogen and oxygen atoms in total. The summed E-state index contributed by atoms with van der Waals surface area (Å²) in [7, 11) is 2.08. The van der Waals surface area contributed by atoms with Crippen LogP contribution in [0.4, 0.5) is 5.13 Å². The first kappa shape index (κ1) is 15.7. The van der Waals surface area contributed by atoms with Crippen molar-refractivity contribution in [2.45, 2.75) is 19.4 Å². The van der Waals surface area contributed by atoms with Crippen molar-refractivity contribution in [1.82, 2.24) is 15.2 Å². The molecule has 3 heterocycles. The van der Waals surface area contributed by atoms with Gasteiger partial charge in [-0.15, -0.1) is 11.3 Å². The second kappa shape index (κ2) is 7.39. The van der Waals surface area contributed by atoms with E-state index in [1.165, 1.54) is 0 Å². The molecule has 1 atom stereocenters. The molecule has 1 aromatic rings. The van der Waals surface area contributed by atoms with E-state index in [0.717, 1.165) is 63.1 Å². The van der Waals surface area contributed by atoms with Crippen LogP contribution in [0, 0.1) is 5.92 Å². The molecule has 0 aromatic carbocycles. The average molecular weight is 324 g/mol. The molecule has 2 aliphatic rings. The fourth-order valence-corrected chi connectivity index (χ4v) is 3.86. The third kappa shape index (κ3) is 3.97. The number of carbonyl (C=O) groups excluding carboxylic acids is 1. The highest BCUT2D eigenvalue weighted by Gasteiger charge is 2.23. The molecule has 2 aliphatic heterocycles. The van der Waals surface area contributed by atoms with Crippen LogP contribution in [-0.4, -0.2) is 62.2 Å². The van der Waals surface area contributed by atoms with Crippen LogP contribution < -0.4 is 10.2 Å². The Hall–Kier alpha value is -1.18. The van der Waals surface area contributed by atoms with E-state index in [1.54, 1.807) is 11.3 Å². The number of nitrogens with zero attached hydrogens (tertiary/aromatic N) is 3. The van der Waals surface area contributed by atoms with Crippen LogP contribution in [0.3, 0.4) is 0 Å². The minimum absolute atomic E-state index is 0.121. The summed E-state index contributed by atoms with van der Waals surface area (Å²) >= 11 is 1.64. The zero-order valence-corrected chi connectivity index (χ0v) is 13.9. The van der Waals surface area contributed by atoms with Gasteiger partial charge >= 0.3 is 0 Å². The highest BCUT2D eigenvalue weighted by atomic mass is 32.1. The van der Waals surface area contributed by atoms with E-state index in [9.17, 15) is 4.79 Å². The van der Waals surface area contributed by atoms with E-state index in [-0.39, 0.29) is 11.8 Å². The molecule has 1 N–H and O–H groups in total. The predicted molar refractivity (Wildman–Crippen MR) is 87.2 cm³/mol. The zero-order valence-electron chi connectivity index (χ0n) is 13.1. The number of ether oxygens (including phenoxy) is 1. The van der Waals surface area contributed by atoms with Gasteiger partial charge in [0.1, 0.15) is 0 Å². The first-order valence-electron chi connectivity index (χ1n) is 7.96. The van der Waals surface area contributed by atoms with Crippen molar-refractivity contribution in [2.24, 2.45) is 5.92 Å². The molecule has 0 aliphatic carbocycles. The van der Waals surface area contributed by atoms with E-state index in [0.29, 0.717) is 6.54 Å². The molecular formula is C15H24N4O2S. The maximum atomic E-state index is 12.2. The monoisotopic (exact) mass is 324 g/mol. The number of nitrogens with one attached hydrogen (secondary N) is 1.